The molecule has 0 aliphatic heterocycles. The molecule has 2 atom stereocenters. The van der Waals surface area contributed by atoms with Crippen LogP contribution in [0.5, 0.6) is 0 Å². The van der Waals surface area contributed by atoms with Crippen LogP contribution < -0.4 is 0 Å². The van der Waals surface area contributed by atoms with E-state index in [1.807, 2.05) is 0 Å². The van der Waals surface area contributed by atoms with E-state index in [-0.39, 0.29) is 0 Å². The molecule has 0 heterocycles. The molecule has 144 valence electrons. The minimum atomic E-state index is -7.79. The van der Waals surface area contributed by atoms with Gasteiger partial charge in [-0.25, -0.2) is 17.6 Å². The molecule has 0 rings (SSSR count). The van der Waals surface area contributed by atoms with Crippen LogP contribution in [-0.4, -0.2) is 42.2 Å². The highest BCUT2D eigenvalue weighted by molar-refractivity contribution is 6.30. The van der Waals surface area contributed by atoms with Crippen LogP contribution in [0.15, 0.2) is 11.4 Å². The second kappa shape index (κ2) is 6.41. The molecule has 0 aromatic heterocycles. The predicted octanol–water partition coefficient (Wildman–Crippen LogP) is 5.82. The molecule has 0 saturated carbocycles. The van der Waals surface area contributed by atoms with E-state index < -0.39 is 53.6 Å². The average molecular weight is 413 g/mol. The normalized spacial score (nSPS) is 18.5. The lowest BCUT2D eigenvalue weighted by Gasteiger charge is -2.39. The molecular formula is C9H3ClF14. The topological polar surface area (TPSA) is 0 Å². The number of allylic oxidation sites excluding steroid dienone is 1. The number of hydrogen-bond donors (Lipinski definition) is 0. The van der Waals surface area contributed by atoms with Gasteiger partial charge in [-0.2, -0.15) is 43.9 Å². The number of halogens is 15. The summed E-state index contributed by atoms with van der Waals surface area (Å²) in [6, 6.07) is 0. The average Bonchev–Trinajstić information content (AvgIpc) is 2.40. The Kier molecular flexibility index (Phi) is 6.15. The summed E-state index contributed by atoms with van der Waals surface area (Å²) in [5, 5.41) is -2.36. The Bertz CT molecular complexity index is 460. The molecule has 0 fully saturated rings. The summed E-state index contributed by atoms with van der Waals surface area (Å²) in [7, 11) is 0. The fourth-order valence-corrected chi connectivity index (χ4v) is 1.47. The summed E-state index contributed by atoms with van der Waals surface area (Å²) in [5.74, 6) is -14.0. The fraction of sp³-hybridized carbons (Fsp3) is 0.778. The van der Waals surface area contributed by atoms with Crippen molar-refractivity contribution < 1.29 is 61.5 Å². The van der Waals surface area contributed by atoms with Crippen LogP contribution in [0.3, 0.4) is 0 Å². The van der Waals surface area contributed by atoms with Crippen LogP contribution in [-0.2, 0) is 0 Å². The monoisotopic (exact) mass is 412 g/mol. The van der Waals surface area contributed by atoms with Crippen LogP contribution >= 0.6 is 11.6 Å². The van der Waals surface area contributed by atoms with Crippen molar-refractivity contribution in [2.45, 2.75) is 42.2 Å². The summed E-state index contributed by atoms with van der Waals surface area (Å²) in [6.07, 6.45) is -27.1. The van der Waals surface area contributed by atoms with E-state index in [1.54, 1.807) is 0 Å². The van der Waals surface area contributed by atoms with E-state index in [0.717, 1.165) is 0 Å². The highest BCUT2D eigenvalue weighted by Crippen LogP contribution is 2.58. The van der Waals surface area contributed by atoms with Crippen LogP contribution in [0.4, 0.5) is 61.5 Å². The van der Waals surface area contributed by atoms with Crippen LogP contribution in [0, 0.1) is 0 Å². The molecule has 24 heavy (non-hydrogen) atoms. The van der Waals surface area contributed by atoms with Gasteiger partial charge in [-0.15, -0.1) is 0 Å². The maximum absolute atomic E-state index is 13.1. The largest absolute Gasteiger partial charge is 0.437 e. The Hall–Kier alpha value is -0.950. The summed E-state index contributed by atoms with van der Waals surface area (Å²) < 4.78 is 176. The number of alkyl halides is 13. The third kappa shape index (κ3) is 3.38. The van der Waals surface area contributed by atoms with Crippen molar-refractivity contribution in [1.29, 1.82) is 0 Å². The van der Waals surface area contributed by atoms with Crippen LogP contribution in [0.2, 0.25) is 0 Å². The lowest BCUT2D eigenvalue weighted by atomic mass is 9.88. The first-order valence-electron chi connectivity index (χ1n) is 5.12. The molecular weight excluding hydrogens is 410 g/mol. The minimum absolute atomic E-state index is 1.25. The third-order valence-electron chi connectivity index (χ3n) is 2.58. The molecule has 15 heteroatoms. The first-order valence-corrected chi connectivity index (χ1v) is 5.49. The van der Waals surface area contributed by atoms with Crippen molar-refractivity contribution in [2.24, 2.45) is 0 Å². The predicted molar refractivity (Wildman–Crippen MR) is 50.7 cm³/mol. The molecule has 0 bridgehead atoms. The zero-order chi connectivity index (χ0) is 19.9. The molecule has 0 nitrogen and oxygen atoms in total. The zero-order valence-electron chi connectivity index (χ0n) is 10.4. The maximum atomic E-state index is 13.1. The first kappa shape index (κ1) is 23.1. The van der Waals surface area contributed by atoms with Crippen LogP contribution in [0.25, 0.3) is 0 Å². The van der Waals surface area contributed by atoms with E-state index >= 15 is 0 Å². The van der Waals surface area contributed by atoms with Crippen molar-refractivity contribution in [3.63, 3.8) is 0 Å². The van der Waals surface area contributed by atoms with Gasteiger partial charge in [0.25, 0.3) is 0 Å². The summed E-state index contributed by atoms with van der Waals surface area (Å²) in [5.41, 5.74) is -7.79. The smallest absolute Gasteiger partial charge is 0.234 e. The molecule has 2 unspecified atom stereocenters. The quantitative estimate of drug-likeness (QED) is 0.500. The standard InChI is InChI=1S/C9H3ClF14/c10-2(1-11)3(12)5(14,15)4(13)6(16,17)7(18,8(19,20)21)9(22,23)24/h1,3-4H. The fourth-order valence-electron chi connectivity index (χ4n) is 1.32. The molecule has 0 aliphatic carbocycles. The van der Waals surface area contributed by atoms with E-state index in [1.165, 1.54) is 0 Å². The van der Waals surface area contributed by atoms with Gasteiger partial charge >= 0.3 is 29.9 Å². The van der Waals surface area contributed by atoms with Crippen molar-refractivity contribution in [3.05, 3.63) is 11.4 Å². The van der Waals surface area contributed by atoms with Gasteiger partial charge in [0.15, 0.2) is 0 Å². The van der Waals surface area contributed by atoms with Gasteiger partial charge in [0.05, 0.1) is 5.03 Å². The van der Waals surface area contributed by atoms with Crippen molar-refractivity contribution in [1.82, 2.24) is 0 Å². The molecule has 0 aromatic carbocycles. The Morgan fingerprint density at radius 1 is 0.750 bits per heavy atom. The number of rotatable bonds is 5. The molecule has 0 spiro atoms. The van der Waals surface area contributed by atoms with Gasteiger partial charge in [-0.05, 0) is 0 Å². The van der Waals surface area contributed by atoms with E-state index in [0.29, 0.717) is 0 Å². The Morgan fingerprint density at radius 2 is 1.08 bits per heavy atom. The Morgan fingerprint density at radius 3 is 1.33 bits per heavy atom. The lowest BCUT2D eigenvalue weighted by Crippen LogP contribution is -2.70. The lowest BCUT2D eigenvalue weighted by molar-refractivity contribution is -0.413. The maximum Gasteiger partial charge on any atom is 0.437 e. The van der Waals surface area contributed by atoms with Gasteiger partial charge in [0.1, 0.15) is 6.33 Å². The summed E-state index contributed by atoms with van der Waals surface area (Å²) in [4.78, 5) is 0. The van der Waals surface area contributed by atoms with Gasteiger partial charge < -0.3 is 0 Å². The minimum Gasteiger partial charge on any atom is -0.234 e. The van der Waals surface area contributed by atoms with Gasteiger partial charge in [-0.1, -0.05) is 11.6 Å². The van der Waals surface area contributed by atoms with Crippen molar-refractivity contribution in [3.8, 4) is 0 Å². The SMILES string of the molecule is FC=C(Cl)C(F)C(F)(F)C(F)C(F)(F)C(F)(C(F)(F)F)C(F)(F)F. The number of hydrogen-bond acceptors (Lipinski definition) is 0. The third-order valence-corrected chi connectivity index (χ3v) is 2.86. The highest BCUT2D eigenvalue weighted by Gasteiger charge is 2.88. The Balaban J connectivity index is 6.29. The van der Waals surface area contributed by atoms with Gasteiger partial charge in [-0.3, -0.25) is 0 Å². The van der Waals surface area contributed by atoms with Crippen molar-refractivity contribution in [2.75, 3.05) is 0 Å². The van der Waals surface area contributed by atoms with E-state index in [2.05, 4.69) is 11.6 Å². The van der Waals surface area contributed by atoms with Gasteiger partial charge in [0, 0.05) is 0 Å². The highest BCUT2D eigenvalue weighted by atomic mass is 35.5. The van der Waals surface area contributed by atoms with Crippen molar-refractivity contribution >= 4 is 11.6 Å². The summed E-state index contributed by atoms with van der Waals surface area (Å²) >= 11 is 4.37. The van der Waals surface area contributed by atoms with Gasteiger partial charge in [0.2, 0.25) is 12.3 Å². The molecule has 0 aliphatic rings. The molecule has 0 aromatic rings. The second-order valence-corrected chi connectivity index (χ2v) is 4.61. The molecule has 0 N–H and O–H groups in total. The van der Waals surface area contributed by atoms with E-state index in [9.17, 15) is 61.5 Å². The molecule has 0 radical (unpaired) electrons. The zero-order valence-corrected chi connectivity index (χ0v) is 11.2. The van der Waals surface area contributed by atoms with E-state index in [4.69, 9.17) is 0 Å². The Labute approximate surface area is 128 Å². The molecule has 0 saturated heterocycles. The van der Waals surface area contributed by atoms with Crippen LogP contribution in [0.1, 0.15) is 0 Å². The second-order valence-electron chi connectivity index (χ2n) is 4.17. The summed E-state index contributed by atoms with van der Waals surface area (Å²) in [6.45, 7) is 0. The molecule has 0 amide bonds. The first-order chi connectivity index (χ1) is 10.3.